The molecule has 0 aliphatic rings. The van der Waals surface area contributed by atoms with Crippen LogP contribution >= 0.6 is 0 Å². The molecule has 120 valence electrons. The molecule has 0 fully saturated rings. The van der Waals surface area contributed by atoms with Crippen LogP contribution in [0.5, 0.6) is 5.88 Å². The van der Waals surface area contributed by atoms with E-state index in [0.717, 1.165) is 23.6 Å². The minimum absolute atomic E-state index is 0.309. The van der Waals surface area contributed by atoms with E-state index in [1.807, 2.05) is 14.0 Å². The van der Waals surface area contributed by atoms with Gasteiger partial charge >= 0.3 is 0 Å². The van der Waals surface area contributed by atoms with Crippen LogP contribution in [0, 0.1) is 5.82 Å². The van der Waals surface area contributed by atoms with Crippen molar-refractivity contribution in [3.05, 3.63) is 46.9 Å². The first kappa shape index (κ1) is 16.5. The van der Waals surface area contributed by atoms with Gasteiger partial charge in [-0.1, -0.05) is 19.1 Å². The van der Waals surface area contributed by atoms with Gasteiger partial charge in [0.1, 0.15) is 5.82 Å². The minimum Gasteiger partial charge on any atom is -0.481 e. The number of hydrogen-bond donors (Lipinski definition) is 2. The topological polar surface area (TPSA) is 59.3 Å². The van der Waals surface area contributed by atoms with Crippen molar-refractivity contribution >= 4 is 0 Å². The number of nitrogens with zero attached hydrogens (tertiary/aromatic N) is 2. The van der Waals surface area contributed by atoms with E-state index in [1.54, 1.807) is 23.9 Å². The summed E-state index contributed by atoms with van der Waals surface area (Å²) < 4.78 is 20.0. The third-order valence-corrected chi connectivity index (χ3v) is 3.59. The Morgan fingerprint density at radius 2 is 2.05 bits per heavy atom. The van der Waals surface area contributed by atoms with E-state index in [9.17, 15) is 9.50 Å². The largest absolute Gasteiger partial charge is 0.481 e. The van der Waals surface area contributed by atoms with Crippen LogP contribution in [0.25, 0.3) is 0 Å². The molecule has 1 aromatic carbocycles. The zero-order chi connectivity index (χ0) is 16.1. The second-order valence-electron chi connectivity index (χ2n) is 5.11. The average Bonchev–Trinajstić information content (AvgIpc) is 2.83. The molecule has 0 spiro atoms. The number of aromatic nitrogens is 2. The SMILES string of the molecule is CCc1nn(C)c(OC)c1CNCC(O)c1ccc(F)cc1. The molecule has 0 saturated carbocycles. The van der Waals surface area contributed by atoms with Crippen molar-refractivity contribution in [2.75, 3.05) is 13.7 Å². The number of nitrogens with one attached hydrogen (secondary N) is 1. The molecule has 22 heavy (non-hydrogen) atoms. The summed E-state index contributed by atoms with van der Waals surface area (Å²) in [4.78, 5) is 0. The predicted molar refractivity (Wildman–Crippen MR) is 82.2 cm³/mol. The number of halogens is 1. The van der Waals surface area contributed by atoms with E-state index in [-0.39, 0.29) is 5.82 Å². The first-order chi connectivity index (χ1) is 10.6. The first-order valence-corrected chi connectivity index (χ1v) is 7.29. The number of aliphatic hydroxyl groups excluding tert-OH is 1. The van der Waals surface area contributed by atoms with Crippen molar-refractivity contribution in [3.8, 4) is 5.88 Å². The van der Waals surface area contributed by atoms with E-state index in [4.69, 9.17) is 4.74 Å². The first-order valence-electron chi connectivity index (χ1n) is 7.29. The maximum absolute atomic E-state index is 12.9. The lowest BCUT2D eigenvalue weighted by molar-refractivity contribution is 0.174. The van der Waals surface area contributed by atoms with Crippen molar-refractivity contribution in [1.29, 1.82) is 0 Å². The van der Waals surface area contributed by atoms with Crippen LogP contribution in [0.4, 0.5) is 4.39 Å². The lowest BCUT2D eigenvalue weighted by Gasteiger charge is -2.13. The van der Waals surface area contributed by atoms with Crippen molar-refractivity contribution in [3.63, 3.8) is 0 Å². The van der Waals surface area contributed by atoms with Crippen LogP contribution in [-0.2, 0) is 20.0 Å². The number of methoxy groups -OCH3 is 1. The molecule has 6 heteroatoms. The van der Waals surface area contributed by atoms with Crippen LogP contribution in [0.15, 0.2) is 24.3 Å². The van der Waals surface area contributed by atoms with Crippen molar-refractivity contribution in [1.82, 2.24) is 15.1 Å². The minimum atomic E-state index is -0.687. The number of rotatable bonds is 7. The highest BCUT2D eigenvalue weighted by molar-refractivity contribution is 5.31. The van der Waals surface area contributed by atoms with Gasteiger partial charge in [-0.05, 0) is 24.1 Å². The summed E-state index contributed by atoms with van der Waals surface area (Å²) in [6.07, 6.45) is 0.127. The van der Waals surface area contributed by atoms with Crippen molar-refractivity contribution < 1.29 is 14.2 Å². The van der Waals surface area contributed by atoms with Crippen molar-refractivity contribution in [2.45, 2.75) is 26.0 Å². The van der Waals surface area contributed by atoms with Gasteiger partial charge < -0.3 is 15.2 Å². The molecule has 2 N–H and O–H groups in total. The standard InChI is InChI=1S/C16H22FN3O2/c1-4-14-13(16(22-3)20(2)19-14)9-18-10-15(21)11-5-7-12(17)8-6-11/h5-8,15,18,21H,4,9-10H2,1-3H3. The molecular weight excluding hydrogens is 285 g/mol. The number of benzene rings is 1. The number of aryl methyl sites for hydroxylation is 2. The Morgan fingerprint density at radius 3 is 2.64 bits per heavy atom. The highest BCUT2D eigenvalue weighted by atomic mass is 19.1. The molecule has 5 nitrogen and oxygen atoms in total. The molecule has 0 aliphatic carbocycles. The molecule has 1 heterocycles. The summed E-state index contributed by atoms with van der Waals surface area (Å²) in [6.45, 7) is 2.96. The molecule has 0 bridgehead atoms. The molecule has 0 amide bonds. The maximum atomic E-state index is 12.9. The van der Waals surface area contributed by atoms with Crippen LogP contribution in [0.2, 0.25) is 0 Å². The third-order valence-electron chi connectivity index (χ3n) is 3.59. The van der Waals surface area contributed by atoms with Gasteiger partial charge in [0.25, 0.3) is 0 Å². The molecule has 1 atom stereocenters. The van der Waals surface area contributed by atoms with Crippen LogP contribution in [0.1, 0.15) is 29.8 Å². The molecule has 2 aromatic rings. The molecule has 0 radical (unpaired) electrons. The molecular formula is C16H22FN3O2. The van der Waals surface area contributed by atoms with Gasteiger partial charge in [-0.15, -0.1) is 0 Å². The fourth-order valence-electron chi connectivity index (χ4n) is 2.46. The van der Waals surface area contributed by atoms with Gasteiger partial charge in [0.15, 0.2) is 0 Å². The van der Waals surface area contributed by atoms with E-state index >= 15 is 0 Å². The van der Waals surface area contributed by atoms with E-state index in [0.29, 0.717) is 18.7 Å². The zero-order valence-corrected chi connectivity index (χ0v) is 13.1. The van der Waals surface area contributed by atoms with Crippen molar-refractivity contribution in [2.24, 2.45) is 7.05 Å². The van der Waals surface area contributed by atoms with E-state index < -0.39 is 6.10 Å². The molecule has 1 aromatic heterocycles. The van der Waals surface area contributed by atoms with Gasteiger partial charge in [-0.3, -0.25) is 0 Å². The van der Waals surface area contributed by atoms with Crippen LogP contribution < -0.4 is 10.1 Å². The summed E-state index contributed by atoms with van der Waals surface area (Å²) in [5, 5.41) is 17.7. The Labute approximate surface area is 129 Å². The normalized spacial score (nSPS) is 12.4. The van der Waals surface area contributed by atoms with Gasteiger partial charge in [-0.2, -0.15) is 5.10 Å². The fraction of sp³-hybridized carbons (Fsp3) is 0.438. The Hall–Kier alpha value is -1.92. The van der Waals surface area contributed by atoms with Gasteiger partial charge in [0.2, 0.25) is 5.88 Å². The Bertz CT molecular complexity index is 611. The predicted octanol–water partition coefficient (Wildman–Crippen LogP) is 1.95. The lowest BCUT2D eigenvalue weighted by Crippen LogP contribution is -2.21. The maximum Gasteiger partial charge on any atom is 0.216 e. The zero-order valence-electron chi connectivity index (χ0n) is 13.1. The highest BCUT2D eigenvalue weighted by Gasteiger charge is 2.16. The Kier molecular flexibility index (Phi) is 5.51. The van der Waals surface area contributed by atoms with Crippen LogP contribution in [-0.4, -0.2) is 28.5 Å². The smallest absolute Gasteiger partial charge is 0.216 e. The summed E-state index contributed by atoms with van der Waals surface area (Å²) in [7, 11) is 3.46. The number of ether oxygens (including phenoxy) is 1. The lowest BCUT2D eigenvalue weighted by atomic mass is 10.1. The second-order valence-corrected chi connectivity index (χ2v) is 5.11. The summed E-state index contributed by atoms with van der Waals surface area (Å²) in [6, 6.07) is 5.86. The van der Waals surface area contributed by atoms with Gasteiger partial charge in [-0.25, -0.2) is 9.07 Å². The van der Waals surface area contributed by atoms with Crippen LogP contribution in [0.3, 0.4) is 0 Å². The van der Waals surface area contributed by atoms with Gasteiger partial charge in [0, 0.05) is 20.1 Å². The second kappa shape index (κ2) is 7.38. The third kappa shape index (κ3) is 3.64. The van der Waals surface area contributed by atoms with Gasteiger partial charge in [0.05, 0.1) is 24.5 Å². The molecule has 0 saturated heterocycles. The monoisotopic (exact) mass is 307 g/mol. The summed E-state index contributed by atoms with van der Waals surface area (Å²) in [5.41, 5.74) is 2.66. The summed E-state index contributed by atoms with van der Waals surface area (Å²) >= 11 is 0. The molecule has 2 rings (SSSR count). The number of hydrogen-bond acceptors (Lipinski definition) is 4. The molecule has 0 aliphatic heterocycles. The Balaban J connectivity index is 1.97. The summed E-state index contributed by atoms with van der Waals surface area (Å²) in [5.74, 6) is 0.414. The quantitative estimate of drug-likeness (QED) is 0.821. The number of aliphatic hydroxyl groups is 1. The fourth-order valence-corrected chi connectivity index (χ4v) is 2.46. The van der Waals surface area contributed by atoms with E-state index in [2.05, 4.69) is 10.4 Å². The Morgan fingerprint density at radius 1 is 1.36 bits per heavy atom. The molecule has 1 unspecified atom stereocenters. The van der Waals surface area contributed by atoms with E-state index in [1.165, 1.54) is 12.1 Å². The average molecular weight is 307 g/mol. The highest BCUT2D eigenvalue weighted by Crippen LogP contribution is 2.22.